The fourth-order valence-electron chi connectivity index (χ4n) is 1.17. The third-order valence-corrected chi connectivity index (χ3v) is 1.92. The van der Waals surface area contributed by atoms with Crippen LogP contribution in [0.3, 0.4) is 0 Å². The molecular weight excluding hydrogens is 254 g/mol. The van der Waals surface area contributed by atoms with E-state index in [1.165, 1.54) is 6.20 Å². The number of halogens is 4. The standard InChI is InChI=1S/C11H11F4NO2/c1-6(2)18-8-3-7(4-16-5-8)9(17)11(14,15)10(12)13/h3-6,10H,1-2H3. The van der Waals surface area contributed by atoms with Crippen molar-refractivity contribution in [3.63, 3.8) is 0 Å². The van der Waals surface area contributed by atoms with E-state index in [4.69, 9.17) is 4.74 Å². The molecule has 0 aliphatic rings. The Kier molecular flexibility index (Phi) is 4.26. The Labute approximate surface area is 101 Å². The van der Waals surface area contributed by atoms with E-state index >= 15 is 0 Å². The van der Waals surface area contributed by atoms with Gasteiger partial charge in [-0.15, -0.1) is 0 Å². The van der Waals surface area contributed by atoms with Crippen LogP contribution in [-0.4, -0.2) is 29.2 Å². The third-order valence-electron chi connectivity index (χ3n) is 1.92. The van der Waals surface area contributed by atoms with Gasteiger partial charge in [0.1, 0.15) is 5.75 Å². The molecule has 1 aromatic heterocycles. The number of aromatic nitrogens is 1. The van der Waals surface area contributed by atoms with Crippen molar-refractivity contribution in [3.05, 3.63) is 24.0 Å². The van der Waals surface area contributed by atoms with Gasteiger partial charge in [0, 0.05) is 11.8 Å². The van der Waals surface area contributed by atoms with Crippen LogP contribution in [0.25, 0.3) is 0 Å². The molecule has 0 aromatic carbocycles. The maximum Gasteiger partial charge on any atom is 0.368 e. The number of hydrogen-bond donors (Lipinski definition) is 0. The molecule has 0 amide bonds. The topological polar surface area (TPSA) is 39.2 Å². The average Bonchev–Trinajstić information content (AvgIpc) is 2.27. The highest BCUT2D eigenvalue weighted by atomic mass is 19.3. The smallest absolute Gasteiger partial charge is 0.368 e. The van der Waals surface area contributed by atoms with E-state index in [9.17, 15) is 22.4 Å². The Bertz CT molecular complexity index is 435. The zero-order valence-corrected chi connectivity index (χ0v) is 9.66. The first-order chi connectivity index (χ1) is 8.25. The number of rotatable bonds is 5. The van der Waals surface area contributed by atoms with Crippen molar-refractivity contribution in [2.45, 2.75) is 32.3 Å². The number of hydrogen-bond acceptors (Lipinski definition) is 3. The van der Waals surface area contributed by atoms with E-state index in [1.54, 1.807) is 13.8 Å². The van der Waals surface area contributed by atoms with Gasteiger partial charge in [0.05, 0.1) is 12.3 Å². The van der Waals surface area contributed by atoms with E-state index in [-0.39, 0.29) is 11.9 Å². The van der Waals surface area contributed by atoms with Crippen LogP contribution in [0.2, 0.25) is 0 Å². The Morgan fingerprint density at radius 2 is 1.94 bits per heavy atom. The summed E-state index contributed by atoms with van der Waals surface area (Å²) in [5, 5.41) is 0. The molecule has 18 heavy (non-hydrogen) atoms. The van der Waals surface area contributed by atoms with Crippen LogP contribution in [0.15, 0.2) is 18.5 Å². The van der Waals surface area contributed by atoms with Gasteiger partial charge in [-0.25, -0.2) is 8.78 Å². The summed E-state index contributed by atoms with van der Waals surface area (Å²) >= 11 is 0. The second kappa shape index (κ2) is 5.32. The summed E-state index contributed by atoms with van der Waals surface area (Å²) in [4.78, 5) is 14.7. The normalized spacial score (nSPS) is 12.0. The van der Waals surface area contributed by atoms with Crippen molar-refractivity contribution < 1.29 is 27.1 Å². The lowest BCUT2D eigenvalue weighted by atomic mass is 10.1. The lowest BCUT2D eigenvalue weighted by Gasteiger charge is -2.14. The summed E-state index contributed by atoms with van der Waals surface area (Å²) in [6.07, 6.45) is -2.31. The number of pyridine rings is 1. The Hall–Kier alpha value is -1.66. The molecular formula is C11H11F4NO2. The van der Waals surface area contributed by atoms with Gasteiger partial charge >= 0.3 is 12.3 Å². The SMILES string of the molecule is CC(C)Oc1cncc(C(=O)C(F)(F)C(F)F)c1. The largest absolute Gasteiger partial charge is 0.489 e. The number of ketones is 1. The van der Waals surface area contributed by atoms with E-state index in [2.05, 4.69) is 4.98 Å². The summed E-state index contributed by atoms with van der Waals surface area (Å²) in [6.45, 7) is 3.37. The molecule has 0 atom stereocenters. The number of Topliss-reactive ketones (excluding diaryl/α,β-unsaturated/α-hetero) is 1. The van der Waals surface area contributed by atoms with Crippen LogP contribution in [0.4, 0.5) is 17.6 Å². The second-order valence-corrected chi connectivity index (χ2v) is 3.83. The highest BCUT2D eigenvalue weighted by Gasteiger charge is 2.49. The van der Waals surface area contributed by atoms with Crippen molar-refractivity contribution in [2.24, 2.45) is 0 Å². The summed E-state index contributed by atoms with van der Waals surface area (Å²) in [7, 11) is 0. The number of alkyl halides is 4. The van der Waals surface area contributed by atoms with Gasteiger partial charge in [-0.3, -0.25) is 9.78 Å². The fourth-order valence-corrected chi connectivity index (χ4v) is 1.17. The lowest BCUT2D eigenvalue weighted by Crippen LogP contribution is -2.36. The second-order valence-electron chi connectivity index (χ2n) is 3.83. The van der Waals surface area contributed by atoms with Crippen LogP contribution >= 0.6 is 0 Å². The van der Waals surface area contributed by atoms with Crippen molar-refractivity contribution in [1.82, 2.24) is 4.98 Å². The van der Waals surface area contributed by atoms with Crippen molar-refractivity contribution in [3.8, 4) is 5.75 Å². The highest BCUT2D eigenvalue weighted by Crippen LogP contribution is 2.28. The van der Waals surface area contributed by atoms with Gasteiger partial charge in [-0.05, 0) is 19.9 Å². The minimum atomic E-state index is -4.72. The summed E-state index contributed by atoms with van der Waals surface area (Å²) in [5.41, 5.74) is -0.613. The van der Waals surface area contributed by atoms with Crippen LogP contribution in [-0.2, 0) is 0 Å². The summed E-state index contributed by atoms with van der Waals surface area (Å²) in [6, 6.07) is 0.964. The number of carbonyl (C=O) groups is 1. The zero-order valence-electron chi connectivity index (χ0n) is 9.66. The Morgan fingerprint density at radius 1 is 1.33 bits per heavy atom. The molecule has 1 aromatic rings. The van der Waals surface area contributed by atoms with Gasteiger partial charge in [0.2, 0.25) is 5.78 Å². The monoisotopic (exact) mass is 265 g/mol. The molecule has 0 saturated carbocycles. The van der Waals surface area contributed by atoms with E-state index in [1.807, 2.05) is 0 Å². The van der Waals surface area contributed by atoms with Gasteiger partial charge in [0.25, 0.3) is 0 Å². The lowest BCUT2D eigenvalue weighted by molar-refractivity contribution is -0.0958. The molecule has 0 radical (unpaired) electrons. The highest BCUT2D eigenvalue weighted by molar-refractivity contribution is 6.01. The molecule has 7 heteroatoms. The van der Waals surface area contributed by atoms with E-state index in [0.717, 1.165) is 12.3 Å². The summed E-state index contributed by atoms with van der Waals surface area (Å²) < 4.78 is 54.9. The molecule has 0 aliphatic carbocycles. The molecule has 1 heterocycles. The first kappa shape index (κ1) is 14.4. The van der Waals surface area contributed by atoms with Gasteiger partial charge < -0.3 is 4.74 Å². The van der Waals surface area contributed by atoms with Crippen molar-refractivity contribution in [2.75, 3.05) is 0 Å². The maximum absolute atomic E-state index is 12.9. The zero-order chi connectivity index (χ0) is 13.9. The molecule has 0 aliphatic heterocycles. The molecule has 0 saturated heterocycles. The van der Waals surface area contributed by atoms with E-state index < -0.39 is 23.7 Å². The van der Waals surface area contributed by atoms with Crippen LogP contribution in [0.1, 0.15) is 24.2 Å². The first-order valence-corrected chi connectivity index (χ1v) is 5.07. The van der Waals surface area contributed by atoms with E-state index in [0.29, 0.717) is 0 Å². The third kappa shape index (κ3) is 3.18. The first-order valence-electron chi connectivity index (χ1n) is 5.07. The molecule has 100 valence electrons. The van der Waals surface area contributed by atoms with Crippen molar-refractivity contribution >= 4 is 5.78 Å². The molecule has 0 unspecified atom stereocenters. The van der Waals surface area contributed by atoms with Gasteiger partial charge in [-0.2, -0.15) is 8.78 Å². The number of nitrogens with zero attached hydrogens (tertiary/aromatic N) is 1. The average molecular weight is 265 g/mol. The molecule has 0 bridgehead atoms. The molecule has 1 rings (SSSR count). The number of carbonyl (C=O) groups excluding carboxylic acids is 1. The van der Waals surface area contributed by atoms with Gasteiger partial charge in [0.15, 0.2) is 0 Å². The maximum atomic E-state index is 12.9. The van der Waals surface area contributed by atoms with Crippen LogP contribution < -0.4 is 4.74 Å². The van der Waals surface area contributed by atoms with Crippen LogP contribution in [0, 0.1) is 0 Å². The Balaban J connectivity index is 3.00. The molecule has 3 nitrogen and oxygen atoms in total. The predicted molar refractivity (Wildman–Crippen MR) is 55.3 cm³/mol. The molecule has 0 fully saturated rings. The minimum absolute atomic E-state index is 0.0703. The molecule has 0 N–H and O–H groups in total. The molecule has 0 spiro atoms. The Morgan fingerprint density at radius 3 is 2.44 bits per heavy atom. The fraction of sp³-hybridized carbons (Fsp3) is 0.455. The van der Waals surface area contributed by atoms with Crippen LogP contribution in [0.5, 0.6) is 5.75 Å². The summed E-state index contributed by atoms with van der Waals surface area (Å²) in [5.74, 6) is -6.63. The predicted octanol–water partition coefficient (Wildman–Crippen LogP) is 2.95. The van der Waals surface area contributed by atoms with Gasteiger partial charge in [-0.1, -0.05) is 0 Å². The quantitative estimate of drug-likeness (QED) is 0.607. The number of ether oxygens (including phenoxy) is 1. The minimum Gasteiger partial charge on any atom is -0.489 e. The van der Waals surface area contributed by atoms with Crippen molar-refractivity contribution in [1.29, 1.82) is 0 Å².